The van der Waals surface area contributed by atoms with E-state index in [4.69, 9.17) is 4.74 Å². The molecule has 1 rings (SSSR count). The van der Waals surface area contributed by atoms with Crippen LogP contribution in [0.5, 0.6) is 0 Å². The normalized spacial score (nSPS) is 29.5. The Kier molecular flexibility index (Phi) is 3.29. The minimum absolute atomic E-state index is 0.139. The first-order chi connectivity index (χ1) is 5.68. The van der Waals surface area contributed by atoms with Crippen molar-refractivity contribution in [3.05, 3.63) is 12.2 Å². The maximum Gasteiger partial charge on any atom is 0.303 e. The van der Waals surface area contributed by atoms with E-state index in [0.29, 0.717) is 0 Å². The molecule has 2 atom stereocenters. The van der Waals surface area contributed by atoms with Crippen LogP contribution in [0.3, 0.4) is 0 Å². The van der Waals surface area contributed by atoms with E-state index >= 15 is 0 Å². The highest BCUT2D eigenvalue weighted by atomic mass is 16.5. The molecule has 3 nitrogen and oxygen atoms in total. The zero-order chi connectivity index (χ0) is 8.97. The average molecular weight is 170 g/mol. The van der Waals surface area contributed by atoms with Gasteiger partial charge in [-0.15, -0.1) is 0 Å². The maximum atomic E-state index is 10.6. The monoisotopic (exact) mass is 170 g/mol. The summed E-state index contributed by atoms with van der Waals surface area (Å²) in [6.45, 7) is 1.40. The Morgan fingerprint density at radius 1 is 1.50 bits per heavy atom. The molecule has 0 bridgehead atoms. The van der Waals surface area contributed by atoms with Gasteiger partial charge in [-0.3, -0.25) is 4.79 Å². The Labute approximate surface area is 72.0 Å². The van der Waals surface area contributed by atoms with Gasteiger partial charge < -0.3 is 9.84 Å². The second kappa shape index (κ2) is 4.26. The van der Waals surface area contributed by atoms with E-state index in [9.17, 15) is 9.90 Å². The van der Waals surface area contributed by atoms with Crippen LogP contribution in [0, 0.1) is 0 Å². The van der Waals surface area contributed by atoms with Crippen molar-refractivity contribution < 1.29 is 14.6 Å². The summed E-state index contributed by atoms with van der Waals surface area (Å²) < 4.78 is 4.98. The highest BCUT2D eigenvalue weighted by Crippen LogP contribution is 2.14. The van der Waals surface area contributed by atoms with E-state index in [-0.39, 0.29) is 18.2 Å². The first kappa shape index (κ1) is 9.26. The summed E-state index contributed by atoms with van der Waals surface area (Å²) >= 11 is 0. The van der Waals surface area contributed by atoms with Crippen molar-refractivity contribution in [2.45, 2.75) is 38.4 Å². The zero-order valence-corrected chi connectivity index (χ0v) is 7.19. The van der Waals surface area contributed by atoms with Gasteiger partial charge in [0.15, 0.2) is 0 Å². The molecular formula is C9H14O3. The molecule has 0 saturated heterocycles. The van der Waals surface area contributed by atoms with Crippen LogP contribution in [-0.4, -0.2) is 23.3 Å². The van der Waals surface area contributed by atoms with E-state index in [2.05, 4.69) is 0 Å². The molecule has 0 aromatic heterocycles. The van der Waals surface area contributed by atoms with Crippen LogP contribution in [0.1, 0.15) is 26.2 Å². The second-order valence-electron chi connectivity index (χ2n) is 3.03. The molecule has 1 aliphatic rings. The molecular weight excluding hydrogens is 156 g/mol. The van der Waals surface area contributed by atoms with Gasteiger partial charge in [-0.2, -0.15) is 0 Å². The van der Waals surface area contributed by atoms with E-state index in [0.717, 1.165) is 19.3 Å². The minimum Gasteiger partial charge on any atom is -0.458 e. The van der Waals surface area contributed by atoms with Gasteiger partial charge in [0, 0.05) is 6.92 Å². The number of esters is 1. The summed E-state index contributed by atoms with van der Waals surface area (Å²) in [5, 5.41) is 9.21. The van der Waals surface area contributed by atoms with Gasteiger partial charge in [-0.1, -0.05) is 6.08 Å². The summed E-state index contributed by atoms with van der Waals surface area (Å²) in [5.74, 6) is -0.263. The van der Waals surface area contributed by atoms with Gasteiger partial charge in [0.2, 0.25) is 0 Å². The highest BCUT2D eigenvalue weighted by Gasteiger charge is 2.13. The second-order valence-corrected chi connectivity index (χ2v) is 3.03. The van der Waals surface area contributed by atoms with Crippen LogP contribution in [0.15, 0.2) is 12.2 Å². The summed E-state index contributed by atoms with van der Waals surface area (Å²) in [7, 11) is 0. The van der Waals surface area contributed by atoms with Gasteiger partial charge in [-0.25, -0.2) is 0 Å². The Bertz CT molecular complexity index is 186. The number of hydrogen-bond acceptors (Lipinski definition) is 3. The highest BCUT2D eigenvalue weighted by molar-refractivity contribution is 5.66. The van der Waals surface area contributed by atoms with Gasteiger partial charge in [0.25, 0.3) is 0 Å². The number of aliphatic hydroxyl groups is 1. The number of rotatable bonds is 1. The fourth-order valence-electron chi connectivity index (χ4n) is 1.28. The Hall–Kier alpha value is -0.830. The van der Waals surface area contributed by atoms with Crippen LogP contribution in [0.4, 0.5) is 0 Å². The minimum atomic E-state index is -0.370. The predicted octanol–water partition coefficient (Wildman–Crippen LogP) is 1.02. The Balaban J connectivity index is 2.43. The molecule has 2 unspecified atom stereocenters. The lowest BCUT2D eigenvalue weighted by atomic mass is 10.2. The van der Waals surface area contributed by atoms with Crippen molar-refractivity contribution in [3.63, 3.8) is 0 Å². The predicted molar refractivity (Wildman–Crippen MR) is 44.6 cm³/mol. The van der Waals surface area contributed by atoms with E-state index in [1.807, 2.05) is 0 Å². The van der Waals surface area contributed by atoms with Gasteiger partial charge in [0.1, 0.15) is 6.10 Å². The van der Waals surface area contributed by atoms with Gasteiger partial charge in [-0.05, 0) is 25.3 Å². The molecule has 1 aliphatic carbocycles. The van der Waals surface area contributed by atoms with Crippen molar-refractivity contribution in [2.24, 2.45) is 0 Å². The fourth-order valence-corrected chi connectivity index (χ4v) is 1.28. The van der Waals surface area contributed by atoms with Crippen LogP contribution < -0.4 is 0 Å². The van der Waals surface area contributed by atoms with Crippen molar-refractivity contribution in [3.8, 4) is 0 Å². The van der Waals surface area contributed by atoms with Crippen molar-refractivity contribution in [1.29, 1.82) is 0 Å². The lowest BCUT2D eigenvalue weighted by Crippen LogP contribution is -2.12. The molecule has 0 aromatic rings. The Morgan fingerprint density at radius 3 is 2.92 bits per heavy atom. The number of hydrogen-bond donors (Lipinski definition) is 1. The zero-order valence-electron chi connectivity index (χ0n) is 7.19. The summed E-state index contributed by atoms with van der Waals surface area (Å²) in [6, 6.07) is 0. The topological polar surface area (TPSA) is 46.5 Å². The number of carbonyl (C=O) groups is 1. The summed E-state index contributed by atoms with van der Waals surface area (Å²) in [5.41, 5.74) is 0. The molecule has 0 aliphatic heterocycles. The van der Waals surface area contributed by atoms with Crippen molar-refractivity contribution >= 4 is 5.97 Å². The Morgan fingerprint density at radius 2 is 2.25 bits per heavy atom. The molecule has 0 fully saturated rings. The molecule has 0 saturated carbocycles. The van der Waals surface area contributed by atoms with Crippen molar-refractivity contribution in [1.82, 2.24) is 0 Å². The summed E-state index contributed by atoms with van der Waals surface area (Å²) in [4.78, 5) is 10.6. The first-order valence-corrected chi connectivity index (χ1v) is 4.22. The van der Waals surface area contributed by atoms with Crippen molar-refractivity contribution in [2.75, 3.05) is 0 Å². The third-order valence-corrected chi connectivity index (χ3v) is 1.85. The third kappa shape index (κ3) is 3.05. The van der Waals surface area contributed by atoms with Crippen LogP contribution in [0.25, 0.3) is 0 Å². The molecule has 0 heterocycles. The SMILES string of the molecule is CC(=O)OC1C=CC(O)CCC1. The molecule has 0 amide bonds. The first-order valence-electron chi connectivity index (χ1n) is 4.22. The van der Waals surface area contributed by atoms with Crippen LogP contribution in [0.2, 0.25) is 0 Å². The van der Waals surface area contributed by atoms with Gasteiger partial charge in [0.05, 0.1) is 6.10 Å². The van der Waals surface area contributed by atoms with Gasteiger partial charge >= 0.3 is 5.97 Å². The molecule has 1 N–H and O–H groups in total. The largest absolute Gasteiger partial charge is 0.458 e. The molecule has 0 spiro atoms. The number of ether oxygens (including phenoxy) is 1. The smallest absolute Gasteiger partial charge is 0.303 e. The fraction of sp³-hybridized carbons (Fsp3) is 0.667. The van der Waals surface area contributed by atoms with E-state index in [1.54, 1.807) is 12.2 Å². The average Bonchev–Trinajstić information content (AvgIpc) is 2.15. The van der Waals surface area contributed by atoms with Crippen LogP contribution in [-0.2, 0) is 9.53 Å². The maximum absolute atomic E-state index is 10.6. The van der Waals surface area contributed by atoms with Crippen LogP contribution >= 0.6 is 0 Å². The van der Waals surface area contributed by atoms with E-state index in [1.165, 1.54) is 6.92 Å². The molecule has 3 heteroatoms. The molecule has 12 heavy (non-hydrogen) atoms. The molecule has 0 aromatic carbocycles. The number of aliphatic hydroxyl groups excluding tert-OH is 1. The lowest BCUT2D eigenvalue weighted by molar-refractivity contribution is -0.144. The standard InChI is InChI=1S/C9H14O3/c1-7(10)12-9-4-2-3-8(11)5-6-9/h5-6,8-9,11H,2-4H2,1H3. The quantitative estimate of drug-likeness (QED) is 0.472. The van der Waals surface area contributed by atoms with E-state index < -0.39 is 0 Å². The molecule has 0 radical (unpaired) electrons. The summed E-state index contributed by atoms with van der Waals surface area (Å²) in [6.07, 6.45) is 5.41. The molecule has 68 valence electrons. The lowest BCUT2D eigenvalue weighted by Gasteiger charge is -2.09. The number of carbonyl (C=O) groups excluding carboxylic acids is 1. The third-order valence-electron chi connectivity index (χ3n) is 1.85.